The maximum absolute atomic E-state index is 9.03. The lowest BCUT2D eigenvalue weighted by Gasteiger charge is -2.14. The van der Waals surface area contributed by atoms with Crippen molar-refractivity contribution in [2.75, 3.05) is 5.32 Å². The number of nitrogens with one attached hydrogen (secondary N) is 1. The second-order valence-electron chi connectivity index (χ2n) is 8.46. The van der Waals surface area contributed by atoms with E-state index in [1.807, 2.05) is 56.8 Å². The fraction of sp³-hybridized carbons (Fsp3) is 0.148. The van der Waals surface area contributed by atoms with Crippen molar-refractivity contribution in [3.63, 3.8) is 0 Å². The van der Waals surface area contributed by atoms with Crippen LogP contribution >= 0.6 is 0 Å². The standard InChI is InChI=1S/C27H23N7O/c1-16-5-10-22(29-14-16)20-11-17(2)24(18(3)12-20)35-26-23-25(34(4)15-30-23)32-27(33-26)31-21-8-6-19(13-28)7-9-21/h5-12,14-15H,1-4H3,(H,31,32,33). The van der Waals surface area contributed by atoms with E-state index in [9.17, 15) is 0 Å². The molecule has 0 atom stereocenters. The number of aryl methyl sites for hydroxylation is 4. The Labute approximate surface area is 202 Å². The number of rotatable bonds is 5. The molecule has 0 saturated carbocycles. The van der Waals surface area contributed by atoms with Crippen molar-refractivity contribution in [2.24, 2.45) is 7.05 Å². The molecular formula is C27H23N7O. The minimum absolute atomic E-state index is 0.360. The van der Waals surface area contributed by atoms with Crippen LogP contribution in [0.15, 0.2) is 61.1 Å². The van der Waals surface area contributed by atoms with E-state index in [0.29, 0.717) is 28.6 Å². The Morgan fingerprint density at radius 3 is 2.34 bits per heavy atom. The third-order valence-corrected chi connectivity index (χ3v) is 5.66. The minimum Gasteiger partial charge on any atom is -0.436 e. The first kappa shape index (κ1) is 22.0. The Kier molecular flexibility index (Phi) is 5.59. The highest BCUT2D eigenvalue weighted by Crippen LogP contribution is 2.35. The van der Waals surface area contributed by atoms with Gasteiger partial charge in [-0.2, -0.15) is 15.2 Å². The molecule has 0 aliphatic rings. The monoisotopic (exact) mass is 461 g/mol. The number of anilines is 2. The highest BCUT2D eigenvalue weighted by molar-refractivity contribution is 5.79. The highest BCUT2D eigenvalue weighted by atomic mass is 16.5. The Hall–Kier alpha value is -4.77. The molecule has 8 nitrogen and oxygen atoms in total. The van der Waals surface area contributed by atoms with Gasteiger partial charge in [-0.05, 0) is 79.9 Å². The zero-order chi connectivity index (χ0) is 24.5. The predicted molar refractivity (Wildman–Crippen MR) is 135 cm³/mol. The summed E-state index contributed by atoms with van der Waals surface area (Å²) >= 11 is 0. The van der Waals surface area contributed by atoms with Gasteiger partial charge in [-0.15, -0.1) is 0 Å². The average Bonchev–Trinajstić information content (AvgIpc) is 3.23. The van der Waals surface area contributed by atoms with Gasteiger partial charge in [0.2, 0.25) is 5.95 Å². The number of hydrogen-bond donors (Lipinski definition) is 1. The summed E-state index contributed by atoms with van der Waals surface area (Å²) in [7, 11) is 1.87. The van der Waals surface area contributed by atoms with Gasteiger partial charge in [0.1, 0.15) is 5.75 Å². The largest absolute Gasteiger partial charge is 0.436 e. The van der Waals surface area contributed by atoms with Crippen molar-refractivity contribution in [3.8, 4) is 29.0 Å². The second-order valence-corrected chi connectivity index (χ2v) is 8.46. The van der Waals surface area contributed by atoms with Gasteiger partial charge in [-0.3, -0.25) is 4.98 Å². The highest BCUT2D eigenvalue weighted by Gasteiger charge is 2.17. The fourth-order valence-corrected chi connectivity index (χ4v) is 3.86. The maximum Gasteiger partial charge on any atom is 0.252 e. The van der Waals surface area contributed by atoms with Gasteiger partial charge in [0.15, 0.2) is 11.2 Å². The molecule has 0 bridgehead atoms. The van der Waals surface area contributed by atoms with Gasteiger partial charge in [-0.25, -0.2) is 4.98 Å². The zero-order valence-electron chi connectivity index (χ0n) is 19.9. The van der Waals surface area contributed by atoms with Crippen LogP contribution < -0.4 is 10.1 Å². The van der Waals surface area contributed by atoms with Gasteiger partial charge in [0.05, 0.1) is 23.7 Å². The van der Waals surface area contributed by atoms with Gasteiger partial charge >= 0.3 is 0 Å². The number of nitriles is 1. The van der Waals surface area contributed by atoms with Crippen LogP contribution in [-0.2, 0) is 7.05 Å². The molecule has 3 aromatic heterocycles. The molecule has 35 heavy (non-hydrogen) atoms. The van der Waals surface area contributed by atoms with Crippen molar-refractivity contribution >= 4 is 22.8 Å². The topological polar surface area (TPSA) is 102 Å². The number of nitrogens with zero attached hydrogens (tertiary/aromatic N) is 6. The number of aromatic nitrogens is 5. The summed E-state index contributed by atoms with van der Waals surface area (Å²) in [5.41, 5.74) is 7.55. The molecule has 5 rings (SSSR count). The van der Waals surface area contributed by atoms with E-state index in [0.717, 1.165) is 39.4 Å². The van der Waals surface area contributed by atoms with Crippen LogP contribution in [0.5, 0.6) is 11.6 Å². The summed E-state index contributed by atoms with van der Waals surface area (Å²) in [5.74, 6) is 1.45. The Bertz CT molecular complexity index is 1560. The fourth-order valence-electron chi connectivity index (χ4n) is 3.86. The Morgan fingerprint density at radius 1 is 0.943 bits per heavy atom. The lowest BCUT2D eigenvalue weighted by molar-refractivity contribution is 0.461. The van der Waals surface area contributed by atoms with Crippen LogP contribution in [0.2, 0.25) is 0 Å². The molecule has 0 aliphatic carbocycles. The molecular weight excluding hydrogens is 438 g/mol. The van der Waals surface area contributed by atoms with E-state index in [1.54, 1.807) is 18.5 Å². The first-order valence-corrected chi connectivity index (χ1v) is 11.1. The predicted octanol–water partition coefficient (Wildman–Crippen LogP) is 5.76. The first-order valence-electron chi connectivity index (χ1n) is 11.1. The summed E-state index contributed by atoms with van der Waals surface area (Å²) in [6.45, 7) is 6.04. The zero-order valence-corrected chi connectivity index (χ0v) is 19.9. The van der Waals surface area contributed by atoms with Crippen molar-refractivity contribution < 1.29 is 4.74 Å². The molecule has 1 N–H and O–H groups in total. The number of benzene rings is 2. The molecule has 2 aromatic carbocycles. The van der Waals surface area contributed by atoms with Crippen LogP contribution in [0.4, 0.5) is 11.6 Å². The molecule has 0 unspecified atom stereocenters. The number of imidazole rings is 1. The first-order chi connectivity index (χ1) is 16.9. The summed E-state index contributed by atoms with van der Waals surface area (Å²) < 4.78 is 8.18. The number of ether oxygens (including phenoxy) is 1. The molecule has 3 heterocycles. The van der Waals surface area contributed by atoms with E-state index in [-0.39, 0.29) is 0 Å². The van der Waals surface area contributed by atoms with E-state index in [2.05, 4.69) is 49.5 Å². The smallest absolute Gasteiger partial charge is 0.252 e. The van der Waals surface area contributed by atoms with Crippen LogP contribution in [0.3, 0.4) is 0 Å². The lowest BCUT2D eigenvalue weighted by atomic mass is 10.0. The number of hydrogen-bond acceptors (Lipinski definition) is 7. The molecule has 8 heteroatoms. The third-order valence-electron chi connectivity index (χ3n) is 5.66. The van der Waals surface area contributed by atoms with Crippen LogP contribution in [0.1, 0.15) is 22.3 Å². The van der Waals surface area contributed by atoms with Crippen molar-refractivity contribution in [2.45, 2.75) is 20.8 Å². The van der Waals surface area contributed by atoms with Gasteiger partial charge in [-0.1, -0.05) is 6.07 Å². The summed E-state index contributed by atoms with van der Waals surface area (Å²) in [6, 6.07) is 17.4. The Morgan fingerprint density at radius 2 is 1.69 bits per heavy atom. The van der Waals surface area contributed by atoms with Gasteiger partial charge < -0.3 is 14.6 Å². The molecule has 0 aliphatic heterocycles. The molecule has 0 radical (unpaired) electrons. The molecule has 0 saturated heterocycles. The maximum atomic E-state index is 9.03. The number of pyridine rings is 1. The van der Waals surface area contributed by atoms with Crippen molar-refractivity contribution in [1.82, 2.24) is 24.5 Å². The summed E-state index contributed by atoms with van der Waals surface area (Å²) in [6.07, 6.45) is 3.55. The number of fused-ring (bicyclic) bond motifs is 1. The van der Waals surface area contributed by atoms with E-state index in [1.165, 1.54) is 0 Å². The second kappa shape index (κ2) is 8.88. The minimum atomic E-state index is 0.360. The molecule has 0 spiro atoms. The SMILES string of the molecule is Cc1ccc(-c2cc(C)c(Oc3nc(Nc4ccc(C#N)cc4)nc4c3ncn4C)c(C)c2)nc1. The Balaban J connectivity index is 1.52. The van der Waals surface area contributed by atoms with Crippen molar-refractivity contribution in [3.05, 3.63) is 83.3 Å². The van der Waals surface area contributed by atoms with E-state index < -0.39 is 0 Å². The van der Waals surface area contributed by atoms with Crippen molar-refractivity contribution in [1.29, 1.82) is 5.26 Å². The van der Waals surface area contributed by atoms with Crippen LogP contribution in [0, 0.1) is 32.1 Å². The lowest BCUT2D eigenvalue weighted by Crippen LogP contribution is -2.02. The summed E-state index contributed by atoms with van der Waals surface area (Å²) in [4.78, 5) is 18.2. The molecule has 0 fully saturated rings. The normalized spacial score (nSPS) is 10.8. The van der Waals surface area contributed by atoms with Crippen LogP contribution in [0.25, 0.3) is 22.4 Å². The molecule has 0 amide bonds. The van der Waals surface area contributed by atoms with E-state index >= 15 is 0 Å². The molecule has 172 valence electrons. The quantitative estimate of drug-likeness (QED) is 0.355. The molecule has 5 aromatic rings. The van der Waals surface area contributed by atoms with E-state index in [4.69, 9.17) is 10.00 Å². The van der Waals surface area contributed by atoms with Gasteiger partial charge in [0.25, 0.3) is 5.88 Å². The third kappa shape index (κ3) is 4.39. The summed E-state index contributed by atoms with van der Waals surface area (Å²) in [5, 5.41) is 12.2. The average molecular weight is 462 g/mol. The van der Waals surface area contributed by atoms with Gasteiger partial charge in [0, 0.05) is 24.5 Å². The van der Waals surface area contributed by atoms with Crippen LogP contribution in [-0.4, -0.2) is 24.5 Å².